The van der Waals surface area contributed by atoms with Crippen LogP contribution in [0.2, 0.25) is 0 Å². The van der Waals surface area contributed by atoms with Crippen molar-refractivity contribution in [1.82, 2.24) is 0 Å². The van der Waals surface area contributed by atoms with Crippen molar-refractivity contribution >= 4 is 23.2 Å². The second kappa shape index (κ2) is 8.84. The number of rotatable bonds is 7. The summed E-state index contributed by atoms with van der Waals surface area (Å²) in [5, 5.41) is 5.60. The standard InChI is InChI=1S/C19H23N3O2/c1-3-22(13-16-7-5-4-6-8-16)14-19(24)21-18-11-9-17(10-12-18)20-15(2)23/h4-12H,3,13-14H2,1-2H3,(H,20,23)(H,21,24)/p+1. The van der Waals surface area contributed by atoms with Gasteiger partial charge in [0.1, 0.15) is 6.54 Å². The Hall–Kier alpha value is -2.66. The Kier molecular flexibility index (Phi) is 6.51. The van der Waals surface area contributed by atoms with E-state index in [0.717, 1.165) is 18.8 Å². The molecule has 0 fully saturated rings. The van der Waals surface area contributed by atoms with Gasteiger partial charge in [0.05, 0.1) is 6.54 Å². The molecule has 126 valence electrons. The molecule has 0 saturated heterocycles. The fourth-order valence-electron chi connectivity index (χ4n) is 2.47. The molecule has 24 heavy (non-hydrogen) atoms. The summed E-state index contributed by atoms with van der Waals surface area (Å²) in [4.78, 5) is 24.4. The summed E-state index contributed by atoms with van der Waals surface area (Å²) in [6.07, 6.45) is 0. The highest BCUT2D eigenvalue weighted by Gasteiger charge is 2.13. The van der Waals surface area contributed by atoms with Crippen LogP contribution in [0.15, 0.2) is 54.6 Å². The molecule has 0 spiro atoms. The summed E-state index contributed by atoms with van der Waals surface area (Å²) in [5.74, 6) is -0.134. The van der Waals surface area contributed by atoms with Crippen LogP contribution in [0.3, 0.4) is 0 Å². The van der Waals surface area contributed by atoms with Gasteiger partial charge in [-0.05, 0) is 31.2 Å². The third-order valence-electron chi connectivity index (χ3n) is 3.70. The molecule has 2 amide bonds. The van der Waals surface area contributed by atoms with E-state index in [1.165, 1.54) is 17.4 Å². The van der Waals surface area contributed by atoms with Crippen molar-refractivity contribution in [3.63, 3.8) is 0 Å². The Morgan fingerprint density at radius 1 is 0.917 bits per heavy atom. The molecule has 1 atom stereocenters. The molecule has 2 rings (SSSR count). The summed E-state index contributed by atoms with van der Waals surface area (Å²) in [6.45, 7) is 5.66. The largest absolute Gasteiger partial charge is 0.326 e. The number of hydrogen-bond donors (Lipinski definition) is 3. The molecule has 0 radical (unpaired) electrons. The number of nitrogens with one attached hydrogen (secondary N) is 3. The highest BCUT2D eigenvalue weighted by Crippen LogP contribution is 2.13. The first kappa shape index (κ1) is 17.7. The van der Waals surface area contributed by atoms with Crippen LogP contribution in [-0.4, -0.2) is 24.9 Å². The summed E-state index contributed by atoms with van der Waals surface area (Å²) in [7, 11) is 0. The van der Waals surface area contributed by atoms with E-state index in [-0.39, 0.29) is 11.8 Å². The van der Waals surface area contributed by atoms with Gasteiger partial charge < -0.3 is 15.5 Å². The molecule has 0 aliphatic heterocycles. The van der Waals surface area contributed by atoms with Crippen molar-refractivity contribution in [1.29, 1.82) is 0 Å². The maximum Gasteiger partial charge on any atom is 0.279 e. The first-order valence-corrected chi connectivity index (χ1v) is 8.12. The van der Waals surface area contributed by atoms with Gasteiger partial charge in [-0.25, -0.2) is 0 Å². The topological polar surface area (TPSA) is 62.6 Å². The fourth-order valence-corrected chi connectivity index (χ4v) is 2.47. The predicted molar refractivity (Wildman–Crippen MR) is 95.9 cm³/mol. The first-order valence-electron chi connectivity index (χ1n) is 8.12. The Morgan fingerprint density at radius 2 is 1.50 bits per heavy atom. The smallest absolute Gasteiger partial charge is 0.279 e. The van der Waals surface area contributed by atoms with E-state index >= 15 is 0 Å². The van der Waals surface area contributed by atoms with E-state index < -0.39 is 0 Å². The molecule has 0 saturated carbocycles. The van der Waals surface area contributed by atoms with E-state index in [4.69, 9.17) is 0 Å². The lowest BCUT2D eigenvalue weighted by Crippen LogP contribution is -3.11. The lowest BCUT2D eigenvalue weighted by molar-refractivity contribution is -0.903. The second-order valence-corrected chi connectivity index (χ2v) is 5.75. The van der Waals surface area contributed by atoms with Crippen LogP contribution < -0.4 is 15.5 Å². The number of benzene rings is 2. The van der Waals surface area contributed by atoms with E-state index in [1.54, 1.807) is 24.3 Å². The summed E-state index contributed by atoms with van der Waals surface area (Å²) in [5.41, 5.74) is 2.66. The lowest BCUT2D eigenvalue weighted by atomic mass is 10.2. The van der Waals surface area contributed by atoms with Gasteiger partial charge in [0.15, 0.2) is 6.54 Å². The van der Waals surface area contributed by atoms with Gasteiger partial charge in [-0.3, -0.25) is 9.59 Å². The van der Waals surface area contributed by atoms with Gasteiger partial charge in [-0.2, -0.15) is 0 Å². The highest BCUT2D eigenvalue weighted by molar-refractivity contribution is 5.92. The van der Waals surface area contributed by atoms with Gasteiger partial charge >= 0.3 is 0 Å². The van der Waals surface area contributed by atoms with Crippen molar-refractivity contribution in [2.75, 3.05) is 23.7 Å². The van der Waals surface area contributed by atoms with Gasteiger partial charge in [-0.1, -0.05) is 30.3 Å². The number of hydrogen-bond acceptors (Lipinski definition) is 2. The second-order valence-electron chi connectivity index (χ2n) is 5.75. The third-order valence-corrected chi connectivity index (χ3v) is 3.70. The molecule has 2 aromatic rings. The minimum Gasteiger partial charge on any atom is -0.326 e. The number of quaternary nitrogens is 1. The zero-order valence-corrected chi connectivity index (χ0v) is 14.1. The van der Waals surface area contributed by atoms with Crippen LogP contribution in [0, 0.1) is 0 Å². The average Bonchev–Trinajstić information content (AvgIpc) is 2.56. The zero-order chi connectivity index (χ0) is 17.4. The SMILES string of the molecule is CC[NH+](CC(=O)Nc1ccc(NC(C)=O)cc1)Cc1ccccc1. The number of likely N-dealkylation sites (N-methyl/N-ethyl adjacent to an activating group) is 1. The highest BCUT2D eigenvalue weighted by atomic mass is 16.2. The maximum absolute atomic E-state index is 12.2. The van der Waals surface area contributed by atoms with Gasteiger partial charge in [-0.15, -0.1) is 0 Å². The Labute approximate surface area is 142 Å². The third kappa shape index (κ3) is 5.85. The molecule has 0 bridgehead atoms. The van der Waals surface area contributed by atoms with Crippen molar-refractivity contribution < 1.29 is 14.5 Å². The normalized spacial score (nSPS) is 11.6. The van der Waals surface area contributed by atoms with E-state index in [9.17, 15) is 9.59 Å². The Balaban J connectivity index is 1.88. The van der Waals surface area contributed by atoms with Crippen molar-refractivity contribution in [3.8, 4) is 0 Å². The molecule has 0 aromatic heterocycles. The summed E-state index contributed by atoms with van der Waals surface area (Å²) < 4.78 is 0. The number of amides is 2. The van der Waals surface area contributed by atoms with Crippen LogP contribution in [-0.2, 0) is 16.1 Å². The van der Waals surface area contributed by atoms with Gasteiger partial charge in [0.25, 0.3) is 5.91 Å². The van der Waals surface area contributed by atoms with Crippen molar-refractivity contribution in [3.05, 3.63) is 60.2 Å². The minimum absolute atomic E-state index is 0.0185. The van der Waals surface area contributed by atoms with Crippen LogP contribution in [0.5, 0.6) is 0 Å². The Bertz CT molecular complexity index is 669. The van der Waals surface area contributed by atoms with Crippen molar-refractivity contribution in [2.45, 2.75) is 20.4 Å². The molecular weight excluding hydrogens is 302 g/mol. The van der Waals surface area contributed by atoms with E-state index in [0.29, 0.717) is 12.2 Å². The minimum atomic E-state index is -0.116. The quantitative estimate of drug-likeness (QED) is 0.725. The van der Waals surface area contributed by atoms with Gasteiger partial charge in [0, 0.05) is 23.9 Å². The number of anilines is 2. The summed E-state index contributed by atoms with van der Waals surface area (Å²) in [6, 6.07) is 17.3. The molecule has 5 nitrogen and oxygen atoms in total. The van der Waals surface area contributed by atoms with E-state index in [1.807, 2.05) is 18.2 Å². The average molecular weight is 326 g/mol. The molecule has 2 aromatic carbocycles. The van der Waals surface area contributed by atoms with E-state index in [2.05, 4.69) is 29.7 Å². The van der Waals surface area contributed by atoms with Crippen molar-refractivity contribution in [2.24, 2.45) is 0 Å². The van der Waals surface area contributed by atoms with Crippen LogP contribution in [0.4, 0.5) is 11.4 Å². The Morgan fingerprint density at radius 3 is 2.04 bits per heavy atom. The zero-order valence-electron chi connectivity index (χ0n) is 14.1. The molecular formula is C19H24N3O2+. The van der Waals surface area contributed by atoms with Crippen LogP contribution >= 0.6 is 0 Å². The molecule has 0 aliphatic rings. The molecule has 0 aliphatic carbocycles. The summed E-state index contributed by atoms with van der Waals surface area (Å²) >= 11 is 0. The predicted octanol–water partition coefficient (Wildman–Crippen LogP) is 1.69. The lowest BCUT2D eigenvalue weighted by Gasteiger charge is -2.17. The number of carbonyl (C=O) groups is 2. The molecule has 5 heteroatoms. The fraction of sp³-hybridized carbons (Fsp3) is 0.263. The monoisotopic (exact) mass is 326 g/mol. The van der Waals surface area contributed by atoms with Gasteiger partial charge in [0.2, 0.25) is 5.91 Å². The maximum atomic E-state index is 12.2. The molecule has 3 N–H and O–H groups in total. The number of carbonyl (C=O) groups excluding carboxylic acids is 2. The first-order chi connectivity index (χ1) is 11.6. The van der Waals surface area contributed by atoms with Crippen LogP contribution in [0.25, 0.3) is 0 Å². The molecule has 0 heterocycles. The van der Waals surface area contributed by atoms with Crippen LogP contribution in [0.1, 0.15) is 19.4 Å². The molecule has 1 unspecified atom stereocenters.